The third-order valence-corrected chi connectivity index (χ3v) is 5.74. The molecule has 102 valence electrons. The summed E-state index contributed by atoms with van der Waals surface area (Å²) in [6.07, 6.45) is 7.67. The highest BCUT2D eigenvalue weighted by atomic mass is 35.5. The second kappa shape index (κ2) is 5.15. The smallest absolute Gasteiger partial charge is 0.160 e. The summed E-state index contributed by atoms with van der Waals surface area (Å²) in [5.74, 6) is 1.28. The summed E-state index contributed by atoms with van der Waals surface area (Å²) in [6.45, 7) is 0.932. The molecule has 2 aromatic heterocycles. The molecule has 0 spiro atoms. The maximum atomic E-state index is 6.03. The minimum absolute atomic E-state index is 0.329. The maximum absolute atomic E-state index is 6.03. The zero-order valence-corrected chi connectivity index (χ0v) is 13.0. The van der Waals surface area contributed by atoms with Crippen molar-refractivity contribution in [2.24, 2.45) is 0 Å². The Balaban J connectivity index is 2.05. The first-order chi connectivity index (χ1) is 9.17. The molecule has 2 heterocycles. The molecule has 0 saturated heterocycles. The Labute approximate surface area is 126 Å². The van der Waals surface area contributed by atoms with Crippen LogP contribution in [0.2, 0.25) is 5.02 Å². The number of imidazole rings is 1. The van der Waals surface area contributed by atoms with Crippen LogP contribution < -0.4 is 0 Å². The summed E-state index contributed by atoms with van der Waals surface area (Å²) in [5, 5.41) is 0.612. The molecule has 2 aromatic rings. The number of hydrogen-bond donors (Lipinski definition) is 0. The Morgan fingerprint density at radius 2 is 2.26 bits per heavy atom. The van der Waals surface area contributed by atoms with Gasteiger partial charge in [0.25, 0.3) is 0 Å². The van der Waals surface area contributed by atoms with E-state index in [1.165, 1.54) is 19.3 Å². The van der Waals surface area contributed by atoms with E-state index in [9.17, 15) is 0 Å². The predicted octanol–water partition coefficient (Wildman–Crippen LogP) is 4.11. The lowest BCUT2D eigenvalue weighted by Crippen LogP contribution is -2.38. The van der Waals surface area contributed by atoms with E-state index in [4.69, 9.17) is 23.2 Å². The molecule has 19 heavy (non-hydrogen) atoms. The Kier molecular flexibility index (Phi) is 3.67. The van der Waals surface area contributed by atoms with Crippen LogP contribution in [0, 0.1) is 0 Å². The molecule has 1 saturated carbocycles. The normalized spacial score (nSPS) is 17.6. The topological polar surface area (TPSA) is 30.7 Å². The van der Waals surface area contributed by atoms with Gasteiger partial charge in [-0.3, -0.25) is 0 Å². The van der Waals surface area contributed by atoms with E-state index in [1.807, 2.05) is 17.8 Å². The molecule has 0 amide bonds. The molecule has 3 nitrogen and oxygen atoms in total. The molecular weight excluding hydrogens is 301 g/mol. The summed E-state index contributed by atoms with van der Waals surface area (Å²) in [6, 6.07) is 1.85. The zero-order valence-electron chi connectivity index (χ0n) is 10.7. The second-order valence-electron chi connectivity index (χ2n) is 4.98. The number of fused-ring (bicyclic) bond motifs is 1. The van der Waals surface area contributed by atoms with Gasteiger partial charge in [0, 0.05) is 17.5 Å². The number of nitrogens with zero attached hydrogens (tertiary/aromatic N) is 3. The highest BCUT2D eigenvalue weighted by Crippen LogP contribution is 2.44. The fourth-order valence-corrected chi connectivity index (χ4v) is 3.90. The average molecular weight is 316 g/mol. The number of rotatable bonds is 4. The van der Waals surface area contributed by atoms with E-state index in [0.717, 1.165) is 23.5 Å². The van der Waals surface area contributed by atoms with Crippen molar-refractivity contribution < 1.29 is 0 Å². The van der Waals surface area contributed by atoms with Crippen LogP contribution in [-0.2, 0) is 12.4 Å². The van der Waals surface area contributed by atoms with Gasteiger partial charge in [-0.1, -0.05) is 18.0 Å². The van der Waals surface area contributed by atoms with Crippen molar-refractivity contribution in [3.63, 3.8) is 0 Å². The number of thioether (sulfide) groups is 1. The van der Waals surface area contributed by atoms with Crippen molar-refractivity contribution >= 4 is 46.1 Å². The Hall–Kier alpha value is -0.450. The first-order valence-electron chi connectivity index (χ1n) is 6.29. The van der Waals surface area contributed by atoms with Crippen LogP contribution in [0.4, 0.5) is 0 Å². The molecule has 6 heteroatoms. The number of hydrogen-bond acceptors (Lipinski definition) is 3. The zero-order chi connectivity index (χ0) is 13.5. The lowest BCUT2D eigenvalue weighted by atomic mass is 9.84. The van der Waals surface area contributed by atoms with Crippen LogP contribution in [0.5, 0.6) is 0 Å². The maximum Gasteiger partial charge on any atom is 0.160 e. The third kappa shape index (κ3) is 2.34. The van der Waals surface area contributed by atoms with Crippen molar-refractivity contribution in [3.8, 4) is 0 Å². The summed E-state index contributed by atoms with van der Waals surface area (Å²) in [4.78, 5) is 8.97. The van der Waals surface area contributed by atoms with Crippen LogP contribution in [0.3, 0.4) is 0 Å². The standard InChI is InChI=1S/C13H15Cl2N3S/c1-19-13(3-2-4-13)8-18-11(6-14)17-10-5-9(15)7-16-12(10)18/h5,7H,2-4,6,8H2,1H3. The SMILES string of the molecule is CSC1(Cn2c(CCl)nc3cc(Cl)cnc32)CCC1. The molecule has 0 unspecified atom stereocenters. The second-order valence-corrected chi connectivity index (χ2v) is 6.96. The summed E-state index contributed by atoms with van der Waals surface area (Å²) in [7, 11) is 0. The van der Waals surface area contributed by atoms with Crippen molar-refractivity contribution in [1.29, 1.82) is 0 Å². The van der Waals surface area contributed by atoms with Crippen LogP contribution >= 0.6 is 35.0 Å². The van der Waals surface area contributed by atoms with Gasteiger partial charge in [0.2, 0.25) is 0 Å². The lowest BCUT2D eigenvalue weighted by Gasteiger charge is -2.40. The average Bonchev–Trinajstić information content (AvgIpc) is 2.70. The predicted molar refractivity (Wildman–Crippen MR) is 82.2 cm³/mol. The lowest BCUT2D eigenvalue weighted by molar-refractivity contribution is 0.322. The summed E-state index contributed by atoms with van der Waals surface area (Å²) < 4.78 is 2.49. The highest BCUT2D eigenvalue weighted by molar-refractivity contribution is 8.00. The molecule has 0 aliphatic heterocycles. The van der Waals surface area contributed by atoms with Gasteiger partial charge in [0.15, 0.2) is 5.65 Å². The van der Waals surface area contributed by atoms with Gasteiger partial charge in [-0.15, -0.1) is 11.6 Å². The summed E-state index contributed by atoms with van der Waals surface area (Å²) in [5.41, 5.74) is 1.72. The van der Waals surface area contributed by atoms with E-state index >= 15 is 0 Å². The van der Waals surface area contributed by atoms with Crippen molar-refractivity contribution in [3.05, 3.63) is 23.1 Å². The monoisotopic (exact) mass is 315 g/mol. The van der Waals surface area contributed by atoms with Gasteiger partial charge >= 0.3 is 0 Å². The Bertz CT molecular complexity index is 602. The van der Waals surface area contributed by atoms with Crippen LogP contribution in [-0.4, -0.2) is 25.5 Å². The largest absolute Gasteiger partial charge is 0.310 e. The van der Waals surface area contributed by atoms with E-state index in [-0.39, 0.29) is 0 Å². The minimum atomic E-state index is 0.329. The Morgan fingerprint density at radius 3 is 2.84 bits per heavy atom. The minimum Gasteiger partial charge on any atom is -0.310 e. The first kappa shape index (κ1) is 13.5. The van der Waals surface area contributed by atoms with Crippen molar-refractivity contribution in [2.75, 3.05) is 6.26 Å². The number of pyridine rings is 1. The molecule has 1 aliphatic carbocycles. The Morgan fingerprint density at radius 1 is 1.47 bits per heavy atom. The molecular formula is C13H15Cl2N3S. The van der Waals surface area contributed by atoms with E-state index in [1.54, 1.807) is 6.20 Å². The van der Waals surface area contributed by atoms with Crippen LogP contribution in [0.25, 0.3) is 11.2 Å². The molecule has 0 aromatic carbocycles. The van der Waals surface area contributed by atoms with Crippen LogP contribution in [0.1, 0.15) is 25.1 Å². The van der Waals surface area contributed by atoms with Gasteiger partial charge in [-0.2, -0.15) is 11.8 Å². The van der Waals surface area contributed by atoms with Gasteiger partial charge in [0.1, 0.15) is 11.3 Å². The fraction of sp³-hybridized carbons (Fsp3) is 0.538. The quantitative estimate of drug-likeness (QED) is 0.795. The van der Waals surface area contributed by atoms with E-state index < -0.39 is 0 Å². The third-order valence-electron chi connectivity index (χ3n) is 3.89. The molecule has 1 fully saturated rings. The fourth-order valence-electron chi connectivity index (χ4n) is 2.59. The molecule has 3 rings (SSSR count). The van der Waals surface area contributed by atoms with E-state index in [2.05, 4.69) is 20.8 Å². The van der Waals surface area contributed by atoms with Crippen molar-refractivity contribution in [1.82, 2.24) is 14.5 Å². The first-order valence-corrected chi connectivity index (χ1v) is 8.43. The molecule has 0 N–H and O–H groups in total. The number of aromatic nitrogens is 3. The number of halogens is 2. The highest BCUT2D eigenvalue weighted by Gasteiger charge is 2.37. The van der Waals surface area contributed by atoms with Gasteiger partial charge in [-0.25, -0.2) is 9.97 Å². The number of alkyl halides is 1. The molecule has 0 radical (unpaired) electrons. The van der Waals surface area contributed by atoms with Gasteiger partial charge in [0.05, 0.1) is 10.9 Å². The molecule has 0 bridgehead atoms. The molecule has 1 aliphatic rings. The summed E-state index contributed by atoms with van der Waals surface area (Å²) >= 11 is 13.9. The van der Waals surface area contributed by atoms with Gasteiger partial charge < -0.3 is 4.57 Å². The van der Waals surface area contributed by atoms with Gasteiger partial charge in [-0.05, 0) is 25.2 Å². The molecule has 0 atom stereocenters. The van der Waals surface area contributed by atoms with E-state index in [0.29, 0.717) is 15.6 Å². The van der Waals surface area contributed by atoms with Crippen LogP contribution in [0.15, 0.2) is 12.3 Å². The van der Waals surface area contributed by atoms with Crippen molar-refractivity contribution in [2.45, 2.75) is 36.4 Å².